The van der Waals surface area contributed by atoms with Gasteiger partial charge in [0.25, 0.3) is 0 Å². The summed E-state index contributed by atoms with van der Waals surface area (Å²) in [7, 11) is -3.52. The molecular weight excluding hydrogens is 384 g/mol. The van der Waals surface area contributed by atoms with Gasteiger partial charge < -0.3 is 10.1 Å². The molecule has 0 spiro atoms. The van der Waals surface area contributed by atoms with Crippen molar-refractivity contribution >= 4 is 15.7 Å². The summed E-state index contributed by atoms with van der Waals surface area (Å²) in [6.45, 7) is 6.27. The number of hydrogen-bond donors (Lipinski definition) is 2. The molecule has 2 N–H and O–H groups in total. The fourth-order valence-corrected chi connectivity index (χ4v) is 5.74. The first kappa shape index (κ1) is 20.0. The van der Waals surface area contributed by atoms with Gasteiger partial charge in [-0.05, 0) is 62.9 Å². The van der Waals surface area contributed by atoms with E-state index in [1.54, 1.807) is 6.07 Å². The van der Waals surface area contributed by atoms with Gasteiger partial charge in [0.2, 0.25) is 10.0 Å². The standard InChI is InChI=1S/C23H28N2O3S/c1-4-28-22-11-6-5-8-19(22)23-18-10-7-9-17(18)20-14-16(12-13-21(20)24-23)29(26,27)25-15(2)3/h5-9,11-15,17-18,23-25H,4,10H2,1-3H3. The lowest BCUT2D eigenvalue weighted by atomic mass is 9.77. The van der Waals surface area contributed by atoms with Crippen molar-refractivity contribution in [3.8, 4) is 5.75 Å². The summed E-state index contributed by atoms with van der Waals surface area (Å²) in [6, 6.07) is 13.5. The second kappa shape index (κ2) is 7.84. The van der Waals surface area contributed by atoms with Crippen molar-refractivity contribution in [2.45, 2.75) is 50.1 Å². The van der Waals surface area contributed by atoms with E-state index in [2.05, 4.69) is 28.3 Å². The molecule has 3 atom stereocenters. The van der Waals surface area contributed by atoms with Crippen molar-refractivity contribution in [3.05, 3.63) is 65.7 Å². The van der Waals surface area contributed by atoms with E-state index in [1.807, 2.05) is 51.1 Å². The summed E-state index contributed by atoms with van der Waals surface area (Å²) in [5.41, 5.74) is 3.18. The van der Waals surface area contributed by atoms with Crippen molar-refractivity contribution in [1.82, 2.24) is 4.72 Å². The third-order valence-electron chi connectivity index (χ3n) is 5.59. The maximum Gasteiger partial charge on any atom is 0.240 e. The van der Waals surface area contributed by atoms with E-state index in [0.29, 0.717) is 17.4 Å². The lowest BCUT2D eigenvalue weighted by Gasteiger charge is -2.38. The molecule has 0 bridgehead atoms. The van der Waals surface area contributed by atoms with E-state index >= 15 is 0 Å². The topological polar surface area (TPSA) is 67.4 Å². The van der Waals surface area contributed by atoms with Crippen molar-refractivity contribution in [1.29, 1.82) is 0 Å². The van der Waals surface area contributed by atoms with Crippen LogP contribution in [0.1, 0.15) is 50.3 Å². The third-order valence-corrected chi connectivity index (χ3v) is 7.25. The molecule has 0 aromatic heterocycles. The fraction of sp³-hybridized carbons (Fsp3) is 0.391. The monoisotopic (exact) mass is 412 g/mol. The Labute approximate surface area is 173 Å². The second-order valence-electron chi connectivity index (χ2n) is 7.97. The van der Waals surface area contributed by atoms with Crippen LogP contribution in [0, 0.1) is 5.92 Å². The van der Waals surface area contributed by atoms with Crippen LogP contribution in [0.3, 0.4) is 0 Å². The highest BCUT2D eigenvalue weighted by atomic mass is 32.2. The van der Waals surface area contributed by atoms with Crippen molar-refractivity contribution < 1.29 is 13.2 Å². The van der Waals surface area contributed by atoms with E-state index in [-0.39, 0.29) is 18.0 Å². The number of para-hydroxylation sites is 1. The average Bonchev–Trinajstić information content (AvgIpc) is 3.17. The van der Waals surface area contributed by atoms with Gasteiger partial charge in [0, 0.05) is 23.2 Å². The molecule has 0 fully saturated rings. The van der Waals surface area contributed by atoms with E-state index in [1.165, 1.54) is 0 Å². The minimum Gasteiger partial charge on any atom is -0.494 e. The van der Waals surface area contributed by atoms with Crippen LogP contribution in [0.15, 0.2) is 59.5 Å². The van der Waals surface area contributed by atoms with Crippen LogP contribution in [0.2, 0.25) is 0 Å². The molecule has 154 valence electrons. The van der Waals surface area contributed by atoms with Gasteiger partial charge in [0.15, 0.2) is 0 Å². The zero-order valence-electron chi connectivity index (χ0n) is 17.1. The minimum absolute atomic E-state index is 0.112. The molecule has 3 unspecified atom stereocenters. The van der Waals surface area contributed by atoms with Gasteiger partial charge in [-0.15, -0.1) is 0 Å². The SMILES string of the molecule is CCOc1ccccc1C1Nc2ccc(S(=O)(=O)NC(C)C)cc2C2C=CCC21. The lowest BCUT2D eigenvalue weighted by molar-refractivity contribution is 0.326. The molecule has 1 aliphatic heterocycles. The summed E-state index contributed by atoms with van der Waals surface area (Å²) >= 11 is 0. The Hall–Kier alpha value is -2.31. The van der Waals surface area contributed by atoms with Gasteiger partial charge >= 0.3 is 0 Å². The van der Waals surface area contributed by atoms with E-state index in [9.17, 15) is 8.42 Å². The van der Waals surface area contributed by atoms with Crippen LogP contribution in [0.4, 0.5) is 5.69 Å². The molecule has 1 heterocycles. The zero-order valence-corrected chi connectivity index (χ0v) is 17.9. The molecule has 2 aliphatic rings. The predicted octanol–water partition coefficient (Wildman–Crippen LogP) is 4.60. The lowest BCUT2D eigenvalue weighted by Crippen LogP contribution is -2.32. The van der Waals surface area contributed by atoms with Gasteiger partial charge in [0.1, 0.15) is 5.75 Å². The largest absolute Gasteiger partial charge is 0.494 e. The molecule has 0 saturated heterocycles. The van der Waals surface area contributed by atoms with Crippen LogP contribution in [0.25, 0.3) is 0 Å². The number of ether oxygens (including phenoxy) is 1. The number of benzene rings is 2. The number of rotatable bonds is 6. The van der Waals surface area contributed by atoms with Gasteiger partial charge in [-0.3, -0.25) is 0 Å². The Bertz CT molecular complexity index is 1030. The number of nitrogens with one attached hydrogen (secondary N) is 2. The quantitative estimate of drug-likeness (QED) is 0.681. The second-order valence-corrected chi connectivity index (χ2v) is 9.69. The average molecular weight is 413 g/mol. The molecule has 2 aromatic carbocycles. The van der Waals surface area contributed by atoms with Gasteiger partial charge in [-0.25, -0.2) is 13.1 Å². The normalized spacial score (nSPS) is 22.8. The highest BCUT2D eigenvalue weighted by Crippen LogP contribution is 2.51. The van der Waals surface area contributed by atoms with Gasteiger partial charge in [-0.2, -0.15) is 0 Å². The Morgan fingerprint density at radius 2 is 1.97 bits per heavy atom. The summed E-state index contributed by atoms with van der Waals surface area (Å²) in [5, 5.41) is 3.67. The molecule has 0 amide bonds. The predicted molar refractivity (Wildman–Crippen MR) is 116 cm³/mol. The summed E-state index contributed by atoms with van der Waals surface area (Å²) < 4.78 is 33.9. The summed E-state index contributed by atoms with van der Waals surface area (Å²) in [5.74, 6) is 1.40. The van der Waals surface area contributed by atoms with Crippen LogP contribution in [-0.2, 0) is 10.0 Å². The Morgan fingerprint density at radius 3 is 2.72 bits per heavy atom. The molecule has 1 aliphatic carbocycles. The van der Waals surface area contributed by atoms with Crippen molar-refractivity contribution in [2.24, 2.45) is 5.92 Å². The van der Waals surface area contributed by atoms with Gasteiger partial charge in [0.05, 0.1) is 17.5 Å². The summed E-state index contributed by atoms with van der Waals surface area (Å²) in [4.78, 5) is 0.318. The van der Waals surface area contributed by atoms with E-state index < -0.39 is 10.0 Å². The number of hydrogen-bond acceptors (Lipinski definition) is 4. The Balaban J connectivity index is 1.74. The fourth-order valence-electron chi connectivity index (χ4n) is 4.45. The summed E-state index contributed by atoms with van der Waals surface area (Å²) in [6.07, 6.45) is 5.37. The molecule has 4 rings (SSSR count). The number of allylic oxidation sites excluding steroid dienone is 2. The number of anilines is 1. The van der Waals surface area contributed by atoms with Crippen molar-refractivity contribution in [3.63, 3.8) is 0 Å². The molecule has 0 radical (unpaired) electrons. The molecular formula is C23H28N2O3S. The number of sulfonamides is 1. The molecule has 6 heteroatoms. The molecule has 2 aromatic rings. The highest BCUT2D eigenvalue weighted by molar-refractivity contribution is 7.89. The molecule has 29 heavy (non-hydrogen) atoms. The van der Waals surface area contributed by atoms with Crippen LogP contribution < -0.4 is 14.8 Å². The molecule has 5 nitrogen and oxygen atoms in total. The Morgan fingerprint density at radius 1 is 1.17 bits per heavy atom. The first-order chi connectivity index (χ1) is 13.9. The maximum absolute atomic E-state index is 12.7. The minimum atomic E-state index is -3.52. The first-order valence-electron chi connectivity index (χ1n) is 10.2. The zero-order chi connectivity index (χ0) is 20.6. The van der Waals surface area contributed by atoms with Crippen molar-refractivity contribution in [2.75, 3.05) is 11.9 Å². The van der Waals surface area contributed by atoms with Crippen LogP contribution >= 0.6 is 0 Å². The maximum atomic E-state index is 12.7. The highest BCUT2D eigenvalue weighted by Gasteiger charge is 2.39. The van der Waals surface area contributed by atoms with E-state index in [0.717, 1.165) is 29.0 Å². The smallest absolute Gasteiger partial charge is 0.240 e. The first-order valence-corrected chi connectivity index (χ1v) is 11.7. The van der Waals surface area contributed by atoms with E-state index in [4.69, 9.17) is 4.74 Å². The third kappa shape index (κ3) is 3.79. The Kier molecular flexibility index (Phi) is 5.40. The van der Waals surface area contributed by atoms with Crippen LogP contribution in [0.5, 0.6) is 5.75 Å². The number of fused-ring (bicyclic) bond motifs is 3. The van der Waals surface area contributed by atoms with Gasteiger partial charge in [-0.1, -0.05) is 30.4 Å². The van der Waals surface area contributed by atoms with Crippen LogP contribution in [-0.4, -0.2) is 21.1 Å². The molecule has 0 saturated carbocycles.